The van der Waals surface area contributed by atoms with Crippen LogP contribution in [0.1, 0.15) is 0 Å². The fraction of sp³-hybridized carbons (Fsp3) is 0. The second-order valence-electron chi connectivity index (χ2n) is 6.67. The van der Waals surface area contributed by atoms with E-state index in [1.165, 1.54) is 0 Å². The van der Waals surface area contributed by atoms with Crippen LogP contribution < -0.4 is 5.43 Å². The summed E-state index contributed by atoms with van der Waals surface area (Å²) in [4.78, 5) is 13.5. The van der Waals surface area contributed by atoms with Gasteiger partial charge < -0.3 is 4.42 Å². The molecule has 0 aliphatic rings. The van der Waals surface area contributed by atoms with Crippen LogP contribution in [0.3, 0.4) is 0 Å². The highest BCUT2D eigenvalue weighted by Crippen LogP contribution is 2.35. The monoisotopic (exact) mass is 382 g/mol. The highest BCUT2D eigenvalue weighted by atomic mass is 35.5. The predicted molar refractivity (Wildman–Crippen MR) is 116 cm³/mol. The summed E-state index contributed by atoms with van der Waals surface area (Å²) in [6.45, 7) is 0. The van der Waals surface area contributed by atoms with Crippen molar-refractivity contribution >= 4 is 33.3 Å². The summed E-state index contributed by atoms with van der Waals surface area (Å²) in [7, 11) is 0. The molecule has 0 fully saturated rings. The van der Waals surface area contributed by atoms with Gasteiger partial charge in [-0.3, -0.25) is 4.79 Å². The second kappa shape index (κ2) is 6.66. The molecule has 3 heteroatoms. The standard InChI is InChI=1S/C25H15ClO2/c26-19-13-10-18(11-14-19)24-22(17-7-2-1-3-8-17)23(27)21-15-12-16-6-4-5-9-20(16)25(21)28-24/h1-15H. The third kappa shape index (κ3) is 2.70. The fourth-order valence-electron chi connectivity index (χ4n) is 3.59. The average Bonchev–Trinajstić information content (AvgIpc) is 2.74. The van der Waals surface area contributed by atoms with Crippen LogP contribution >= 0.6 is 11.6 Å². The van der Waals surface area contributed by atoms with Gasteiger partial charge in [0.05, 0.1) is 10.9 Å². The van der Waals surface area contributed by atoms with Crippen LogP contribution in [0.2, 0.25) is 5.02 Å². The molecule has 0 aliphatic heterocycles. The molecule has 0 radical (unpaired) electrons. The predicted octanol–water partition coefficient (Wildman–Crippen LogP) is 6.93. The fourth-order valence-corrected chi connectivity index (χ4v) is 3.72. The summed E-state index contributed by atoms with van der Waals surface area (Å²) in [6.07, 6.45) is 0. The first kappa shape index (κ1) is 16.8. The quantitative estimate of drug-likeness (QED) is 0.310. The van der Waals surface area contributed by atoms with Gasteiger partial charge in [0.2, 0.25) is 5.43 Å². The van der Waals surface area contributed by atoms with Gasteiger partial charge in [-0.25, -0.2) is 0 Å². The smallest absolute Gasteiger partial charge is 0.201 e. The zero-order valence-corrected chi connectivity index (χ0v) is 15.6. The van der Waals surface area contributed by atoms with Crippen molar-refractivity contribution < 1.29 is 4.42 Å². The van der Waals surface area contributed by atoms with Crippen LogP contribution in [0.25, 0.3) is 44.2 Å². The molecule has 2 nitrogen and oxygen atoms in total. The third-order valence-corrected chi connectivity index (χ3v) is 5.20. The summed E-state index contributed by atoms with van der Waals surface area (Å²) in [5.74, 6) is 0.553. The Morgan fingerprint density at radius 1 is 0.643 bits per heavy atom. The van der Waals surface area contributed by atoms with Gasteiger partial charge in [0.25, 0.3) is 0 Å². The molecule has 0 spiro atoms. The first-order chi connectivity index (χ1) is 13.7. The molecular formula is C25H15ClO2. The van der Waals surface area contributed by atoms with E-state index in [-0.39, 0.29) is 5.43 Å². The normalized spacial score (nSPS) is 11.2. The lowest BCUT2D eigenvalue weighted by molar-refractivity contribution is 0.624. The van der Waals surface area contributed by atoms with Crippen molar-refractivity contribution in [3.05, 3.63) is 106 Å². The summed E-state index contributed by atoms with van der Waals surface area (Å²) in [6, 6.07) is 28.7. The van der Waals surface area contributed by atoms with Crippen molar-refractivity contribution in [3.8, 4) is 22.5 Å². The van der Waals surface area contributed by atoms with Crippen molar-refractivity contribution in [2.45, 2.75) is 0 Å². The van der Waals surface area contributed by atoms with Crippen molar-refractivity contribution in [1.29, 1.82) is 0 Å². The highest BCUT2D eigenvalue weighted by molar-refractivity contribution is 6.30. The lowest BCUT2D eigenvalue weighted by Gasteiger charge is -2.12. The van der Waals surface area contributed by atoms with E-state index in [0.29, 0.717) is 27.3 Å². The third-order valence-electron chi connectivity index (χ3n) is 4.95. The maximum absolute atomic E-state index is 13.5. The van der Waals surface area contributed by atoms with Crippen molar-refractivity contribution in [2.24, 2.45) is 0 Å². The number of benzene rings is 4. The number of hydrogen-bond acceptors (Lipinski definition) is 2. The Bertz CT molecular complexity index is 1370. The molecule has 0 aliphatic carbocycles. The Hall–Kier alpha value is -3.36. The Morgan fingerprint density at radius 2 is 1.36 bits per heavy atom. The maximum Gasteiger partial charge on any atom is 0.201 e. The van der Waals surface area contributed by atoms with Crippen molar-refractivity contribution in [2.75, 3.05) is 0 Å². The molecule has 0 saturated heterocycles. The van der Waals surface area contributed by atoms with Crippen LogP contribution in [0.5, 0.6) is 0 Å². The Balaban J connectivity index is 1.95. The molecule has 0 unspecified atom stereocenters. The zero-order chi connectivity index (χ0) is 19.1. The molecule has 0 atom stereocenters. The van der Waals surface area contributed by atoms with E-state index in [1.54, 1.807) is 12.1 Å². The highest BCUT2D eigenvalue weighted by Gasteiger charge is 2.19. The minimum atomic E-state index is -0.0387. The summed E-state index contributed by atoms with van der Waals surface area (Å²) >= 11 is 6.07. The van der Waals surface area contributed by atoms with Gasteiger partial charge in [0.1, 0.15) is 11.3 Å². The summed E-state index contributed by atoms with van der Waals surface area (Å²) in [5, 5.41) is 3.17. The molecule has 134 valence electrons. The van der Waals surface area contributed by atoms with Crippen LogP contribution in [0.15, 0.2) is 100 Å². The second-order valence-corrected chi connectivity index (χ2v) is 7.11. The number of fused-ring (bicyclic) bond motifs is 3. The summed E-state index contributed by atoms with van der Waals surface area (Å²) < 4.78 is 6.42. The van der Waals surface area contributed by atoms with E-state index in [9.17, 15) is 4.79 Å². The number of hydrogen-bond donors (Lipinski definition) is 0. The van der Waals surface area contributed by atoms with E-state index < -0.39 is 0 Å². The Morgan fingerprint density at radius 3 is 2.14 bits per heavy atom. The first-order valence-electron chi connectivity index (χ1n) is 9.02. The molecule has 28 heavy (non-hydrogen) atoms. The molecular weight excluding hydrogens is 368 g/mol. The van der Waals surface area contributed by atoms with E-state index >= 15 is 0 Å². The molecule has 5 aromatic rings. The summed E-state index contributed by atoms with van der Waals surface area (Å²) in [5.41, 5.74) is 2.77. The maximum atomic E-state index is 13.5. The van der Waals surface area contributed by atoms with E-state index in [4.69, 9.17) is 16.0 Å². The zero-order valence-electron chi connectivity index (χ0n) is 14.9. The molecule has 1 aromatic heterocycles. The molecule has 1 heterocycles. The van der Waals surface area contributed by atoms with Gasteiger partial charge in [0.15, 0.2) is 0 Å². The van der Waals surface area contributed by atoms with Gasteiger partial charge in [0, 0.05) is 16.0 Å². The lowest BCUT2D eigenvalue weighted by Crippen LogP contribution is -2.07. The van der Waals surface area contributed by atoms with Crippen LogP contribution in [0, 0.1) is 0 Å². The molecule has 5 rings (SSSR count). The van der Waals surface area contributed by atoms with Gasteiger partial charge >= 0.3 is 0 Å². The topological polar surface area (TPSA) is 30.2 Å². The lowest BCUT2D eigenvalue weighted by atomic mass is 9.97. The molecule has 0 bridgehead atoms. The molecule has 0 amide bonds. The Kier molecular flexibility index (Phi) is 4.00. The average molecular weight is 383 g/mol. The number of rotatable bonds is 2. The van der Waals surface area contributed by atoms with E-state index in [0.717, 1.165) is 21.9 Å². The van der Waals surface area contributed by atoms with Crippen LogP contribution in [-0.4, -0.2) is 0 Å². The number of halogens is 1. The van der Waals surface area contributed by atoms with E-state index in [2.05, 4.69) is 0 Å². The van der Waals surface area contributed by atoms with E-state index in [1.807, 2.05) is 78.9 Å². The molecule has 0 saturated carbocycles. The van der Waals surface area contributed by atoms with Crippen molar-refractivity contribution in [3.63, 3.8) is 0 Å². The minimum Gasteiger partial charge on any atom is -0.455 e. The van der Waals surface area contributed by atoms with Crippen LogP contribution in [0.4, 0.5) is 0 Å². The van der Waals surface area contributed by atoms with Gasteiger partial charge in [-0.15, -0.1) is 0 Å². The Labute approximate surface area is 166 Å². The SMILES string of the molecule is O=c1c(-c2ccccc2)c(-c2ccc(Cl)cc2)oc2c1ccc1ccccc12. The van der Waals surface area contributed by atoms with Gasteiger partial charge in [-0.05, 0) is 41.3 Å². The molecule has 0 N–H and O–H groups in total. The largest absolute Gasteiger partial charge is 0.455 e. The van der Waals surface area contributed by atoms with Crippen molar-refractivity contribution in [1.82, 2.24) is 0 Å². The van der Waals surface area contributed by atoms with Gasteiger partial charge in [-0.2, -0.15) is 0 Å². The van der Waals surface area contributed by atoms with Crippen LogP contribution in [-0.2, 0) is 0 Å². The molecule has 4 aromatic carbocycles. The van der Waals surface area contributed by atoms with Gasteiger partial charge in [-0.1, -0.05) is 72.3 Å². The minimum absolute atomic E-state index is 0.0387. The first-order valence-corrected chi connectivity index (χ1v) is 9.40.